The van der Waals surface area contributed by atoms with Crippen molar-refractivity contribution in [3.63, 3.8) is 0 Å². The van der Waals surface area contributed by atoms with Crippen molar-refractivity contribution in [3.05, 3.63) is 60.9 Å². The van der Waals surface area contributed by atoms with Crippen molar-refractivity contribution < 1.29 is 4.74 Å². The van der Waals surface area contributed by atoms with Gasteiger partial charge in [-0.1, -0.05) is 30.3 Å². The lowest BCUT2D eigenvalue weighted by Gasteiger charge is -2.28. The Kier molecular flexibility index (Phi) is 4.27. The summed E-state index contributed by atoms with van der Waals surface area (Å²) in [6.45, 7) is 3.14. The lowest BCUT2D eigenvalue weighted by molar-refractivity contribution is 0.122. The summed E-state index contributed by atoms with van der Waals surface area (Å²) in [7, 11) is 0. The third-order valence-electron chi connectivity index (χ3n) is 4.64. The molecule has 1 aromatic carbocycles. The van der Waals surface area contributed by atoms with Crippen molar-refractivity contribution >= 4 is 27.4 Å². The minimum absolute atomic E-state index is 0.717. The fourth-order valence-corrected chi connectivity index (χ4v) is 4.39. The lowest BCUT2D eigenvalue weighted by Crippen LogP contribution is -2.36. The van der Waals surface area contributed by atoms with Gasteiger partial charge in [-0.3, -0.25) is 4.98 Å². The maximum Gasteiger partial charge on any atom is 0.163 e. The van der Waals surface area contributed by atoms with Crippen molar-refractivity contribution in [3.8, 4) is 21.8 Å². The average Bonchev–Trinajstić information content (AvgIpc) is 3.19. The summed E-state index contributed by atoms with van der Waals surface area (Å²) in [6.07, 6.45) is 3.58. The Hall–Kier alpha value is -2.83. The molecule has 0 bridgehead atoms. The van der Waals surface area contributed by atoms with Gasteiger partial charge >= 0.3 is 0 Å². The molecule has 0 amide bonds. The SMILES string of the molecule is c1ccc(-c2cc3nc(-c4cccnc4)nc(N4CCOCC4)c3s2)cc1. The van der Waals surface area contributed by atoms with E-state index in [1.807, 2.05) is 24.4 Å². The molecule has 1 saturated heterocycles. The number of hydrogen-bond acceptors (Lipinski definition) is 6. The van der Waals surface area contributed by atoms with Gasteiger partial charge in [0.2, 0.25) is 0 Å². The van der Waals surface area contributed by atoms with Crippen molar-refractivity contribution in [2.45, 2.75) is 0 Å². The predicted octanol–water partition coefficient (Wildman–Crippen LogP) is 4.26. The number of nitrogens with zero attached hydrogens (tertiary/aromatic N) is 4. The van der Waals surface area contributed by atoms with Gasteiger partial charge in [0.25, 0.3) is 0 Å². The number of hydrogen-bond donors (Lipinski definition) is 0. The number of benzene rings is 1. The van der Waals surface area contributed by atoms with Crippen molar-refractivity contribution in [1.29, 1.82) is 0 Å². The van der Waals surface area contributed by atoms with E-state index in [9.17, 15) is 0 Å². The third kappa shape index (κ3) is 3.18. The summed E-state index contributed by atoms with van der Waals surface area (Å²) in [5.74, 6) is 1.71. The molecule has 1 aliphatic rings. The first-order valence-corrected chi connectivity index (χ1v) is 9.80. The number of morpholine rings is 1. The number of pyridine rings is 1. The minimum Gasteiger partial charge on any atom is -0.378 e. The lowest BCUT2D eigenvalue weighted by atomic mass is 10.2. The third-order valence-corrected chi connectivity index (χ3v) is 5.81. The molecule has 0 unspecified atom stereocenters. The van der Waals surface area contributed by atoms with E-state index in [1.165, 1.54) is 10.4 Å². The van der Waals surface area contributed by atoms with Crippen LogP contribution in [-0.4, -0.2) is 41.3 Å². The number of rotatable bonds is 3. The molecule has 134 valence electrons. The summed E-state index contributed by atoms with van der Waals surface area (Å²) in [4.78, 5) is 17.5. The van der Waals surface area contributed by atoms with E-state index < -0.39 is 0 Å². The van der Waals surface area contributed by atoms with Gasteiger partial charge in [0.1, 0.15) is 0 Å². The molecule has 0 atom stereocenters. The van der Waals surface area contributed by atoms with E-state index in [1.54, 1.807) is 17.5 Å². The number of ether oxygens (including phenoxy) is 1. The van der Waals surface area contributed by atoms with E-state index in [0.29, 0.717) is 0 Å². The van der Waals surface area contributed by atoms with Gasteiger partial charge in [0, 0.05) is 35.9 Å². The largest absolute Gasteiger partial charge is 0.378 e. The summed E-state index contributed by atoms with van der Waals surface area (Å²) in [5.41, 5.74) is 3.12. The van der Waals surface area contributed by atoms with Gasteiger partial charge in [-0.15, -0.1) is 11.3 Å². The predicted molar refractivity (Wildman–Crippen MR) is 109 cm³/mol. The van der Waals surface area contributed by atoms with E-state index in [2.05, 4.69) is 40.2 Å². The first-order chi connectivity index (χ1) is 13.4. The molecule has 0 N–H and O–H groups in total. The highest BCUT2D eigenvalue weighted by Gasteiger charge is 2.20. The molecule has 1 aliphatic heterocycles. The molecule has 0 spiro atoms. The second kappa shape index (κ2) is 7.06. The fraction of sp³-hybridized carbons (Fsp3) is 0.190. The zero-order valence-electron chi connectivity index (χ0n) is 14.7. The molecule has 1 fully saturated rings. The van der Waals surface area contributed by atoms with Crippen LogP contribution in [-0.2, 0) is 4.74 Å². The smallest absolute Gasteiger partial charge is 0.163 e. The van der Waals surface area contributed by atoms with Gasteiger partial charge in [-0.05, 0) is 23.8 Å². The Morgan fingerprint density at radius 2 is 1.74 bits per heavy atom. The fourth-order valence-electron chi connectivity index (χ4n) is 3.27. The van der Waals surface area contributed by atoms with Crippen LogP contribution in [0.1, 0.15) is 0 Å². The number of anilines is 1. The summed E-state index contributed by atoms with van der Waals surface area (Å²) < 4.78 is 6.66. The van der Waals surface area contributed by atoms with Crippen molar-refractivity contribution in [2.24, 2.45) is 0 Å². The topological polar surface area (TPSA) is 51.1 Å². The van der Waals surface area contributed by atoms with Crippen LogP contribution in [0.3, 0.4) is 0 Å². The zero-order chi connectivity index (χ0) is 18.1. The average molecular weight is 374 g/mol. The highest BCUT2D eigenvalue weighted by molar-refractivity contribution is 7.22. The molecular formula is C21H18N4OS. The van der Waals surface area contributed by atoms with E-state index in [4.69, 9.17) is 14.7 Å². The first kappa shape index (κ1) is 16.4. The number of thiophene rings is 1. The molecule has 4 heterocycles. The van der Waals surface area contributed by atoms with Crippen LogP contribution in [0.15, 0.2) is 60.9 Å². The maximum absolute atomic E-state index is 5.53. The molecular weight excluding hydrogens is 356 g/mol. The summed E-state index contributed by atoms with van der Waals surface area (Å²) in [5, 5.41) is 0. The van der Waals surface area contributed by atoms with Crippen molar-refractivity contribution in [1.82, 2.24) is 15.0 Å². The maximum atomic E-state index is 5.53. The highest BCUT2D eigenvalue weighted by Crippen LogP contribution is 2.38. The second-order valence-corrected chi connectivity index (χ2v) is 7.46. The van der Waals surface area contributed by atoms with Crippen LogP contribution in [0.4, 0.5) is 5.82 Å². The molecule has 0 saturated carbocycles. The zero-order valence-corrected chi connectivity index (χ0v) is 15.5. The Morgan fingerprint density at radius 3 is 2.52 bits per heavy atom. The van der Waals surface area contributed by atoms with Gasteiger partial charge in [-0.25, -0.2) is 9.97 Å². The highest BCUT2D eigenvalue weighted by atomic mass is 32.1. The quantitative estimate of drug-likeness (QED) is 0.536. The Morgan fingerprint density at radius 1 is 0.926 bits per heavy atom. The van der Waals surface area contributed by atoms with Crippen LogP contribution >= 0.6 is 11.3 Å². The Balaban J connectivity index is 1.69. The molecule has 6 heteroatoms. The van der Waals surface area contributed by atoms with E-state index in [-0.39, 0.29) is 0 Å². The molecule has 5 rings (SSSR count). The molecule has 0 aliphatic carbocycles. The van der Waals surface area contributed by atoms with Crippen molar-refractivity contribution in [2.75, 3.05) is 31.2 Å². The number of fused-ring (bicyclic) bond motifs is 1. The van der Waals surface area contributed by atoms with E-state index in [0.717, 1.165) is 53.7 Å². The van der Waals surface area contributed by atoms with Crippen LogP contribution < -0.4 is 4.90 Å². The molecule has 4 aromatic rings. The van der Waals surface area contributed by atoms with Crippen LogP contribution in [0.5, 0.6) is 0 Å². The van der Waals surface area contributed by atoms with Gasteiger partial charge in [0.15, 0.2) is 11.6 Å². The monoisotopic (exact) mass is 374 g/mol. The standard InChI is InChI=1S/C21H18N4OS/c1-2-5-15(6-3-1)18-13-17-19(27-18)21(25-9-11-26-12-10-25)24-20(23-17)16-7-4-8-22-14-16/h1-8,13-14H,9-12H2. The first-order valence-electron chi connectivity index (χ1n) is 8.98. The van der Waals surface area contributed by atoms with Gasteiger partial charge in [0.05, 0.1) is 23.4 Å². The van der Waals surface area contributed by atoms with E-state index >= 15 is 0 Å². The van der Waals surface area contributed by atoms with Crippen LogP contribution in [0, 0.1) is 0 Å². The van der Waals surface area contributed by atoms with Crippen LogP contribution in [0.25, 0.3) is 32.0 Å². The Labute approximate surface area is 161 Å². The molecule has 0 radical (unpaired) electrons. The molecule has 3 aromatic heterocycles. The summed E-state index contributed by atoms with van der Waals surface area (Å²) >= 11 is 1.75. The summed E-state index contributed by atoms with van der Waals surface area (Å²) in [6, 6.07) is 16.5. The molecule has 27 heavy (non-hydrogen) atoms. The normalized spacial score (nSPS) is 14.6. The van der Waals surface area contributed by atoms with Crippen LogP contribution in [0.2, 0.25) is 0 Å². The van der Waals surface area contributed by atoms with Gasteiger partial charge in [-0.2, -0.15) is 0 Å². The Bertz CT molecular complexity index is 1060. The second-order valence-electron chi connectivity index (χ2n) is 6.40. The minimum atomic E-state index is 0.717. The molecule has 5 nitrogen and oxygen atoms in total. The van der Waals surface area contributed by atoms with Gasteiger partial charge < -0.3 is 9.64 Å². The number of aromatic nitrogens is 3.